The predicted octanol–water partition coefficient (Wildman–Crippen LogP) is 5.57. The molecule has 0 aromatic heterocycles. The van der Waals surface area contributed by atoms with E-state index in [9.17, 15) is 18.0 Å². The van der Waals surface area contributed by atoms with E-state index in [0.29, 0.717) is 6.42 Å². The Morgan fingerprint density at radius 2 is 1.68 bits per heavy atom. The van der Waals surface area contributed by atoms with Crippen LogP contribution in [0.25, 0.3) is 0 Å². The Labute approximate surface area is 248 Å². The molecule has 0 aliphatic rings. The molecular weight excluding hydrogens is 562 g/mol. The first-order valence-corrected chi connectivity index (χ1v) is 15.2. The van der Waals surface area contributed by atoms with E-state index in [1.54, 1.807) is 30.3 Å². The number of rotatable bonds is 11. The molecule has 0 aliphatic heterocycles. The third-order valence-corrected chi connectivity index (χ3v) is 8.35. The number of ether oxygens (including phenoxy) is 1. The molecule has 10 heteroatoms. The topological polar surface area (TPSA) is 96.0 Å². The fraction of sp³-hybridized carbons (Fsp3) is 0.355. The molecule has 220 valence electrons. The molecule has 41 heavy (non-hydrogen) atoms. The first-order valence-electron chi connectivity index (χ1n) is 13.3. The molecule has 3 rings (SSSR count). The van der Waals surface area contributed by atoms with Crippen LogP contribution in [0.5, 0.6) is 5.75 Å². The molecule has 0 unspecified atom stereocenters. The zero-order valence-corrected chi connectivity index (χ0v) is 25.9. The van der Waals surface area contributed by atoms with Crippen LogP contribution in [0.3, 0.4) is 0 Å². The van der Waals surface area contributed by atoms with Gasteiger partial charge in [0.15, 0.2) is 0 Å². The van der Waals surface area contributed by atoms with Gasteiger partial charge in [0.25, 0.3) is 10.0 Å². The molecule has 0 saturated carbocycles. The van der Waals surface area contributed by atoms with Crippen molar-refractivity contribution in [2.45, 2.75) is 64.1 Å². The fourth-order valence-corrected chi connectivity index (χ4v) is 6.07. The summed E-state index contributed by atoms with van der Waals surface area (Å²) in [4.78, 5) is 29.1. The summed E-state index contributed by atoms with van der Waals surface area (Å²) >= 11 is 6.29. The Balaban J connectivity index is 2.13. The van der Waals surface area contributed by atoms with Crippen LogP contribution in [-0.4, -0.2) is 50.4 Å². The number of methoxy groups -OCH3 is 1. The van der Waals surface area contributed by atoms with Gasteiger partial charge in [-0.05, 0) is 70.0 Å². The highest BCUT2D eigenvalue weighted by molar-refractivity contribution is 7.92. The average Bonchev–Trinajstić information content (AvgIpc) is 2.91. The van der Waals surface area contributed by atoms with E-state index < -0.39 is 34.1 Å². The summed E-state index contributed by atoms with van der Waals surface area (Å²) in [5.74, 6) is -0.646. The fourth-order valence-electron chi connectivity index (χ4n) is 4.47. The van der Waals surface area contributed by atoms with Crippen molar-refractivity contribution < 1.29 is 22.7 Å². The van der Waals surface area contributed by atoms with Crippen molar-refractivity contribution in [3.8, 4) is 5.75 Å². The highest BCUT2D eigenvalue weighted by Gasteiger charge is 2.35. The molecule has 2 amide bonds. The monoisotopic (exact) mass is 599 g/mol. The molecule has 0 radical (unpaired) electrons. The average molecular weight is 600 g/mol. The van der Waals surface area contributed by atoms with Crippen LogP contribution in [0.15, 0.2) is 77.7 Å². The Kier molecular flexibility index (Phi) is 10.4. The number of sulfonamides is 1. The quantitative estimate of drug-likeness (QED) is 0.311. The van der Waals surface area contributed by atoms with Crippen LogP contribution < -0.4 is 14.4 Å². The number of hydrogen-bond donors (Lipinski definition) is 1. The molecule has 0 spiro atoms. The van der Waals surface area contributed by atoms with Crippen LogP contribution in [0.2, 0.25) is 5.02 Å². The number of nitrogens with one attached hydrogen (secondary N) is 1. The van der Waals surface area contributed by atoms with Gasteiger partial charge in [-0.15, -0.1) is 0 Å². The Morgan fingerprint density at radius 3 is 2.27 bits per heavy atom. The zero-order valence-electron chi connectivity index (χ0n) is 24.3. The van der Waals surface area contributed by atoms with Gasteiger partial charge in [-0.25, -0.2) is 8.42 Å². The van der Waals surface area contributed by atoms with Crippen LogP contribution in [0.1, 0.15) is 45.2 Å². The van der Waals surface area contributed by atoms with E-state index in [2.05, 4.69) is 5.32 Å². The molecule has 3 aromatic rings. The lowest BCUT2D eigenvalue weighted by atomic mass is 10.0. The molecule has 0 bridgehead atoms. The van der Waals surface area contributed by atoms with E-state index in [-0.39, 0.29) is 33.8 Å². The third kappa shape index (κ3) is 8.24. The zero-order chi connectivity index (χ0) is 30.4. The molecular formula is C31H38ClN3O5S. The minimum atomic E-state index is -4.25. The van der Waals surface area contributed by atoms with Crippen molar-refractivity contribution >= 4 is 39.1 Å². The van der Waals surface area contributed by atoms with Crippen molar-refractivity contribution in [1.82, 2.24) is 10.2 Å². The minimum absolute atomic E-state index is 0.00224. The minimum Gasteiger partial charge on any atom is -0.495 e. The molecule has 0 saturated heterocycles. The highest BCUT2D eigenvalue weighted by atomic mass is 35.5. The summed E-state index contributed by atoms with van der Waals surface area (Å²) in [5, 5.41) is 3.24. The van der Waals surface area contributed by atoms with E-state index in [0.717, 1.165) is 15.4 Å². The lowest BCUT2D eigenvalue weighted by molar-refractivity contribution is -0.141. The first-order chi connectivity index (χ1) is 19.3. The Bertz CT molecular complexity index is 1470. The van der Waals surface area contributed by atoms with Gasteiger partial charge in [0.1, 0.15) is 18.3 Å². The number of benzene rings is 3. The summed E-state index contributed by atoms with van der Waals surface area (Å²) in [6.45, 7) is 8.89. The standard InChI is InChI=1S/C31H38ClN3O5S/c1-7-26(30(37)33-31(3,4)5)34(20-23-13-11-12-22(2)18-23)29(36)21-35(27-19-24(32)16-17-28(27)40-6)41(38,39)25-14-9-8-10-15-25/h8-19,26H,7,20-21H2,1-6H3,(H,33,37)/t26-/m0/s1. The van der Waals surface area contributed by atoms with Crippen molar-refractivity contribution in [3.63, 3.8) is 0 Å². The van der Waals surface area contributed by atoms with Crippen LogP contribution in [-0.2, 0) is 26.2 Å². The van der Waals surface area contributed by atoms with E-state index in [1.165, 1.54) is 30.2 Å². The number of amides is 2. The van der Waals surface area contributed by atoms with Crippen molar-refractivity contribution in [2.75, 3.05) is 18.0 Å². The largest absolute Gasteiger partial charge is 0.495 e. The third-order valence-electron chi connectivity index (χ3n) is 6.34. The van der Waals surface area contributed by atoms with Gasteiger partial charge < -0.3 is 15.0 Å². The molecule has 0 heterocycles. The van der Waals surface area contributed by atoms with Crippen LogP contribution in [0, 0.1) is 6.92 Å². The van der Waals surface area contributed by atoms with Crippen LogP contribution in [0.4, 0.5) is 5.69 Å². The molecule has 1 atom stereocenters. The smallest absolute Gasteiger partial charge is 0.264 e. The number of carbonyl (C=O) groups is 2. The van der Waals surface area contributed by atoms with Crippen LogP contribution >= 0.6 is 11.6 Å². The van der Waals surface area contributed by atoms with E-state index >= 15 is 0 Å². The maximum absolute atomic E-state index is 14.2. The highest BCUT2D eigenvalue weighted by Crippen LogP contribution is 2.35. The lowest BCUT2D eigenvalue weighted by Gasteiger charge is -2.35. The second-order valence-electron chi connectivity index (χ2n) is 10.8. The number of nitrogens with zero attached hydrogens (tertiary/aromatic N) is 2. The maximum atomic E-state index is 14.2. The molecule has 1 N–H and O–H groups in total. The molecule has 0 fully saturated rings. The van der Waals surface area contributed by atoms with Gasteiger partial charge in [0.05, 0.1) is 17.7 Å². The molecule has 0 aliphatic carbocycles. The Hall–Kier alpha value is -3.56. The SMILES string of the molecule is CC[C@@H](C(=O)NC(C)(C)C)N(Cc1cccc(C)c1)C(=O)CN(c1cc(Cl)ccc1OC)S(=O)(=O)c1ccccc1. The molecule has 8 nitrogen and oxygen atoms in total. The summed E-state index contributed by atoms with van der Waals surface area (Å²) in [5.41, 5.74) is 1.40. The number of hydrogen-bond acceptors (Lipinski definition) is 5. The number of halogens is 1. The first kappa shape index (κ1) is 32.0. The van der Waals surface area contributed by atoms with E-state index in [4.69, 9.17) is 16.3 Å². The number of aryl methyl sites for hydroxylation is 1. The van der Waals surface area contributed by atoms with Gasteiger partial charge in [-0.2, -0.15) is 0 Å². The predicted molar refractivity (Wildman–Crippen MR) is 163 cm³/mol. The number of anilines is 1. The van der Waals surface area contributed by atoms with Gasteiger partial charge in [0, 0.05) is 17.1 Å². The van der Waals surface area contributed by atoms with Crippen molar-refractivity contribution in [1.29, 1.82) is 0 Å². The molecule has 3 aromatic carbocycles. The van der Waals surface area contributed by atoms with E-state index in [1.807, 2.05) is 58.9 Å². The summed E-state index contributed by atoms with van der Waals surface area (Å²) in [6.07, 6.45) is 0.325. The second kappa shape index (κ2) is 13.4. The lowest BCUT2D eigenvalue weighted by Crippen LogP contribution is -2.55. The van der Waals surface area contributed by atoms with Gasteiger partial charge in [-0.1, -0.05) is 66.6 Å². The normalized spacial score (nSPS) is 12.4. The summed E-state index contributed by atoms with van der Waals surface area (Å²) in [7, 11) is -2.83. The Morgan fingerprint density at radius 1 is 1.00 bits per heavy atom. The summed E-state index contributed by atoms with van der Waals surface area (Å²) in [6, 6.07) is 19.2. The maximum Gasteiger partial charge on any atom is 0.264 e. The van der Waals surface area contributed by atoms with Gasteiger partial charge in [-0.3, -0.25) is 13.9 Å². The van der Waals surface area contributed by atoms with Crippen molar-refractivity contribution in [3.05, 3.63) is 88.9 Å². The van der Waals surface area contributed by atoms with Gasteiger partial charge in [0.2, 0.25) is 11.8 Å². The number of carbonyl (C=O) groups excluding carboxylic acids is 2. The summed E-state index contributed by atoms with van der Waals surface area (Å²) < 4.78 is 34.5. The second-order valence-corrected chi connectivity index (χ2v) is 13.1. The van der Waals surface area contributed by atoms with Gasteiger partial charge >= 0.3 is 0 Å². The van der Waals surface area contributed by atoms with Crippen molar-refractivity contribution in [2.24, 2.45) is 0 Å².